The average Bonchev–Trinajstić information content (AvgIpc) is 3.17. The minimum Gasteiger partial charge on any atom is -0.399 e. The predicted molar refractivity (Wildman–Crippen MR) is 72.3 cm³/mol. The molecule has 2 aliphatic rings. The van der Waals surface area contributed by atoms with Gasteiger partial charge in [0.15, 0.2) is 0 Å². The Balaban J connectivity index is 1.73. The number of carbonyl (C=O) groups is 1. The number of rotatable bonds is 4. The molecular weight excluding hydrogens is 224 g/mol. The van der Waals surface area contributed by atoms with Gasteiger partial charge < -0.3 is 11.1 Å². The van der Waals surface area contributed by atoms with Gasteiger partial charge in [-0.1, -0.05) is 0 Å². The zero-order valence-electron chi connectivity index (χ0n) is 10.8. The first-order valence-corrected chi connectivity index (χ1v) is 6.82. The summed E-state index contributed by atoms with van der Waals surface area (Å²) in [5.41, 5.74) is 8.14. The van der Waals surface area contributed by atoms with Crippen LogP contribution in [0.1, 0.15) is 41.6 Å². The molecule has 3 rings (SSSR count). The lowest BCUT2D eigenvalue weighted by Gasteiger charge is -2.18. The summed E-state index contributed by atoms with van der Waals surface area (Å²) in [4.78, 5) is 12.3. The third kappa shape index (κ3) is 2.35. The number of benzene rings is 1. The number of nitrogens with two attached hydrogens (primary N) is 1. The number of nitrogen functional groups attached to an aromatic ring is 1. The third-order valence-electron chi connectivity index (χ3n) is 4.05. The summed E-state index contributed by atoms with van der Waals surface area (Å²) < 4.78 is 0. The molecule has 3 heteroatoms. The van der Waals surface area contributed by atoms with Crippen LogP contribution in [0.5, 0.6) is 0 Å². The lowest BCUT2D eigenvalue weighted by Crippen LogP contribution is -2.38. The molecule has 0 heterocycles. The van der Waals surface area contributed by atoms with Crippen molar-refractivity contribution in [2.24, 2.45) is 11.8 Å². The molecule has 2 aliphatic carbocycles. The van der Waals surface area contributed by atoms with Crippen molar-refractivity contribution >= 4 is 11.6 Å². The fraction of sp³-hybridized carbons (Fsp3) is 0.533. The van der Waals surface area contributed by atoms with Gasteiger partial charge in [-0.25, -0.2) is 0 Å². The Morgan fingerprint density at radius 1 is 1.28 bits per heavy atom. The van der Waals surface area contributed by atoms with E-state index in [4.69, 9.17) is 5.73 Å². The van der Waals surface area contributed by atoms with Gasteiger partial charge in [0.25, 0.3) is 5.91 Å². The number of amides is 1. The number of anilines is 1. The van der Waals surface area contributed by atoms with E-state index in [2.05, 4.69) is 5.32 Å². The molecule has 1 aromatic carbocycles. The molecule has 0 bridgehead atoms. The number of aryl methyl sites for hydroxylation is 1. The zero-order chi connectivity index (χ0) is 12.7. The van der Waals surface area contributed by atoms with Crippen LogP contribution in [0.2, 0.25) is 0 Å². The average molecular weight is 244 g/mol. The quantitative estimate of drug-likeness (QED) is 0.799. The van der Waals surface area contributed by atoms with Crippen molar-refractivity contribution in [2.75, 3.05) is 5.73 Å². The van der Waals surface area contributed by atoms with Crippen LogP contribution in [0.3, 0.4) is 0 Å². The minimum atomic E-state index is 0.0660. The molecule has 0 spiro atoms. The highest BCUT2D eigenvalue weighted by Crippen LogP contribution is 2.44. The molecule has 2 saturated carbocycles. The van der Waals surface area contributed by atoms with Crippen LogP contribution in [-0.2, 0) is 0 Å². The lowest BCUT2D eigenvalue weighted by molar-refractivity contribution is 0.0925. The molecule has 0 radical (unpaired) electrons. The summed E-state index contributed by atoms with van der Waals surface area (Å²) in [6.45, 7) is 1.94. The Labute approximate surface area is 108 Å². The zero-order valence-corrected chi connectivity index (χ0v) is 10.8. The Morgan fingerprint density at radius 3 is 2.39 bits per heavy atom. The number of hydrogen-bond donors (Lipinski definition) is 2. The summed E-state index contributed by atoms with van der Waals surface area (Å²) in [5, 5.41) is 3.24. The van der Waals surface area contributed by atoms with Crippen LogP contribution in [0.4, 0.5) is 5.69 Å². The number of hydrogen-bond acceptors (Lipinski definition) is 2. The van der Waals surface area contributed by atoms with E-state index < -0.39 is 0 Å². The van der Waals surface area contributed by atoms with Gasteiger partial charge in [-0.3, -0.25) is 4.79 Å². The van der Waals surface area contributed by atoms with Crippen molar-refractivity contribution in [1.82, 2.24) is 5.32 Å². The summed E-state index contributed by atoms with van der Waals surface area (Å²) in [6.07, 6.45) is 5.12. The van der Waals surface area contributed by atoms with Gasteiger partial charge >= 0.3 is 0 Å². The monoisotopic (exact) mass is 244 g/mol. The van der Waals surface area contributed by atoms with E-state index in [9.17, 15) is 4.79 Å². The SMILES string of the molecule is Cc1cc(N)ccc1C(=O)NC(C1CC1)C1CC1. The van der Waals surface area contributed by atoms with E-state index >= 15 is 0 Å². The van der Waals surface area contributed by atoms with Crippen molar-refractivity contribution < 1.29 is 4.79 Å². The lowest BCUT2D eigenvalue weighted by atomic mass is 10.0. The van der Waals surface area contributed by atoms with E-state index in [1.807, 2.05) is 19.1 Å². The molecule has 0 unspecified atom stereocenters. The Bertz CT molecular complexity index is 463. The molecule has 0 aliphatic heterocycles. The maximum atomic E-state index is 12.3. The van der Waals surface area contributed by atoms with Gasteiger partial charge in [0, 0.05) is 17.3 Å². The highest BCUT2D eigenvalue weighted by Gasteiger charge is 2.42. The molecular formula is C15H20N2O. The molecule has 0 aromatic heterocycles. The van der Waals surface area contributed by atoms with Crippen molar-refractivity contribution in [3.8, 4) is 0 Å². The fourth-order valence-electron chi connectivity index (χ4n) is 2.70. The van der Waals surface area contributed by atoms with Gasteiger partial charge in [0.1, 0.15) is 0 Å². The Hall–Kier alpha value is -1.51. The van der Waals surface area contributed by atoms with Crippen LogP contribution in [0.15, 0.2) is 18.2 Å². The minimum absolute atomic E-state index is 0.0660. The third-order valence-corrected chi connectivity index (χ3v) is 4.05. The first kappa shape index (κ1) is 11.6. The summed E-state index contributed by atoms with van der Waals surface area (Å²) in [5.74, 6) is 1.53. The van der Waals surface area contributed by atoms with Crippen LogP contribution in [-0.4, -0.2) is 11.9 Å². The van der Waals surface area contributed by atoms with Crippen molar-refractivity contribution in [3.63, 3.8) is 0 Å². The van der Waals surface area contributed by atoms with E-state index in [-0.39, 0.29) is 5.91 Å². The predicted octanol–water partition coefficient (Wildman–Crippen LogP) is 2.50. The van der Waals surface area contributed by atoms with Crippen molar-refractivity contribution in [2.45, 2.75) is 38.6 Å². The van der Waals surface area contributed by atoms with Crippen LogP contribution >= 0.6 is 0 Å². The summed E-state index contributed by atoms with van der Waals surface area (Å²) in [7, 11) is 0. The van der Waals surface area contributed by atoms with Crippen LogP contribution in [0.25, 0.3) is 0 Å². The van der Waals surface area contributed by atoms with Crippen LogP contribution in [0, 0.1) is 18.8 Å². The van der Waals surface area contributed by atoms with E-state index in [1.165, 1.54) is 25.7 Å². The first-order valence-electron chi connectivity index (χ1n) is 6.82. The highest BCUT2D eigenvalue weighted by molar-refractivity contribution is 5.96. The topological polar surface area (TPSA) is 55.1 Å². The standard InChI is InChI=1S/C15H20N2O/c1-9-8-12(16)6-7-13(9)15(18)17-14(10-2-3-10)11-4-5-11/h6-8,10-11,14H,2-5,16H2,1H3,(H,17,18). The van der Waals surface area contributed by atoms with Gasteiger partial charge in [0.2, 0.25) is 0 Å². The van der Waals surface area contributed by atoms with Crippen LogP contribution < -0.4 is 11.1 Å². The maximum Gasteiger partial charge on any atom is 0.251 e. The molecule has 18 heavy (non-hydrogen) atoms. The first-order chi connectivity index (χ1) is 8.65. The second kappa shape index (κ2) is 4.30. The normalized spacial score (nSPS) is 19.0. The fourth-order valence-corrected chi connectivity index (χ4v) is 2.70. The smallest absolute Gasteiger partial charge is 0.251 e. The van der Waals surface area contributed by atoms with Gasteiger partial charge in [-0.05, 0) is 68.2 Å². The molecule has 3 N–H and O–H groups in total. The molecule has 3 nitrogen and oxygen atoms in total. The van der Waals surface area contributed by atoms with Gasteiger partial charge in [0.05, 0.1) is 0 Å². The Morgan fingerprint density at radius 2 is 1.89 bits per heavy atom. The van der Waals surface area contributed by atoms with E-state index in [0.717, 1.165) is 23.0 Å². The summed E-state index contributed by atoms with van der Waals surface area (Å²) >= 11 is 0. The van der Waals surface area contributed by atoms with Crippen molar-refractivity contribution in [3.05, 3.63) is 29.3 Å². The molecule has 96 valence electrons. The van der Waals surface area contributed by atoms with Gasteiger partial charge in [-0.15, -0.1) is 0 Å². The van der Waals surface area contributed by atoms with Gasteiger partial charge in [-0.2, -0.15) is 0 Å². The molecule has 1 aromatic rings. The van der Waals surface area contributed by atoms with E-state index in [1.54, 1.807) is 6.07 Å². The Kier molecular flexibility index (Phi) is 2.77. The molecule has 0 atom stereocenters. The molecule has 0 saturated heterocycles. The molecule has 1 amide bonds. The second-order valence-electron chi connectivity index (χ2n) is 5.75. The summed E-state index contributed by atoms with van der Waals surface area (Å²) in [6, 6.07) is 5.90. The number of nitrogens with one attached hydrogen (secondary N) is 1. The molecule has 2 fully saturated rings. The number of carbonyl (C=O) groups excluding carboxylic acids is 1. The second-order valence-corrected chi connectivity index (χ2v) is 5.75. The highest BCUT2D eigenvalue weighted by atomic mass is 16.1. The largest absolute Gasteiger partial charge is 0.399 e. The van der Waals surface area contributed by atoms with Crippen molar-refractivity contribution in [1.29, 1.82) is 0 Å². The maximum absolute atomic E-state index is 12.3. The van der Waals surface area contributed by atoms with E-state index in [0.29, 0.717) is 11.7 Å².